The van der Waals surface area contributed by atoms with Gasteiger partial charge in [0, 0.05) is 10.0 Å². The molecule has 0 aliphatic rings. The number of sulfonamides is 1. The minimum atomic E-state index is -4.10. The lowest BCUT2D eigenvalue weighted by atomic mass is 10.2. The fourth-order valence-corrected chi connectivity index (χ4v) is 5.21. The Morgan fingerprint density at radius 2 is 1.43 bits per heavy atom. The zero-order chi connectivity index (χ0) is 28.5. The van der Waals surface area contributed by atoms with Gasteiger partial charge >= 0.3 is 0 Å². The predicted octanol–water partition coefficient (Wildman–Crippen LogP) is 5.93. The van der Waals surface area contributed by atoms with E-state index in [2.05, 4.69) is 10.5 Å². The van der Waals surface area contributed by atoms with Crippen molar-refractivity contribution >= 4 is 51.0 Å². The van der Waals surface area contributed by atoms with Gasteiger partial charge in [0.2, 0.25) is 0 Å². The normalized spacial score (nSPS) is 11.3. The number of ether oxygens (including phenoxy) is 2. The maximum Gasteiger partial charge on any atom is 0.264 e. The van der Waals surface area contributed by atoms with Crippen LogP contribution >= 0.6 is 23.2 Å². The Morgan fingerprint density at radius 1 is 0.850 bits per heavy atom. The highest BCUT2D eigenvalue weighted by Gasteiger charge is 2.27. The fraction of sp³-hybridized carbons (Fsp3) is 0.103. The van der Waals surface area contributed by atoms with Gasteiger partial charge in [-0.2, -0.15) is 5.10 Å². The highest BCUT2D eigenvalue weighted by atomic mass is 35.5. The smallest absolute Gasteiger partial charge is 0.264 e. The highest BCUT2D eigenvalue weighted by molar-refractivity contribution is 7.92. The van der Waals surface area contributed by atoms with Crippen LogP contribution in [0.3, 0.4) is 0 Å². The van der Waals surface area contributed by atoms with E-state index in [4.69, 9.17) is 32.7 Å². The summed E-state index contributed by atoms with van der Waals surface area (Å²) in [4.78, 5) is 12.8. The van der Waals surface area contributed by atoms with Gasteiger partial charge in [0.1, 0.15) is 24.7 Å². The van der Waals surface area contributed by atoms with Crippen molar-refractivity contribution in [1.29, 1.82) is 0 Å². The topological polar surface area (TPSA) is 97.3 Å². The van der Waals surface area contributed by atoms with Gasteiger partial charge in [-0.05, 0) is 96.1 Å². The van der Waals surface area contributed by atoms with Gasteiger partial charge in [-0.3, -0.25) is 9.10 Å². The second kappa shape index (κ2) is 13.3. The van der Waals surface area contributed by atoms with Crippen molar-refractivity contribution in [2.45, 2.75) is 11.5 Å². The summed E-state index contributed by atoms with van der Waals surface area (Å²) in [6.07, 6.45) is 1.45. The Kier molecular flexibility index (Phi) is 9.65. The van der Waals surface area contributed by atoms with E-state index >= 15 is 0 Å². The van der Waals surface area contributed by atoms with Crippen molar-refractivity contribution < 1.29 is 22.7 Å². The summed E-state index contributed by atoms with van der Waals surface area (Å²) in [5.41, 5.74) is 4.35. The quantitative estimate of drug-likeness (QED) is 0.171. The zero-order valence-electron chi connectivity index (χ0n) is 21.3. The van der Waals surface area contributed by atoms with Gasteiger partial charge < -0.3 is 9.47 Å². The first kappa shape index (κ1) is 28.9. The van der Waals surface area contributed by atoms with Crippen molar-refractivity contribution in [2.24, 2.45) is 5.10 Å². The number of halogens is 2. The number of rotatable bonds is 11. The van der Waals surface area contributed by atoms with Crippen LogP contribution in [-0.4, -0.2) is 34.2 Å². The molecule has 1 N–H and O–H groups in total. The molecule has 8 nitrogen and oxygen atoms in total. The lowest BCUT2D eigenvalue weighted by Crippen LogP contribution is -2.39. The lowest BCUT2D eigenvalue weighted by Gasteiger charge is -2.23. The molecule has 0 aliphatic carbocycles. The Labute approximate surface area is 242 Å². The summed E-state index contributed by atoms with van der Waals surface area (Å²) < 4.78 is 38.8. The maximum absolute atomic E-state index is 13.5. The Hall–Kier alpha value is -4.05. The molecule has 11 heteroatoms. The van der Waals surface area contributed by atoms with Crippen LogP contribution in [0.4, 0.5) is 5.69 Å². The van der Waals surface area contributed by atoms with E-state index in [0.29, 0.717) is 33.7 Å². The molecule has 0 bridgehead atoms. The SMILES string of the molecule is COc1ccc(S(=O)(=O)N(CC(=O)N/N=C/c2ccc(OCc3ccc(Cl)cc3)cc2)c2ccc(Cl)cc2)cc1. The molecule has 206 valence electrons. The number of nitrogens with one attached hydrogen (secondary N) is 1. The molecule has 0 heterocycles. The maximum atomic E-state index is 13.5. The largest absolute Gasteiger partial charge is 0.497 e. The van der Waals surface area contributed by atoms with Crippen molar-refractivity contribution in [3.05, 3.63) is 118 Å². The number of hydrazone groups is 1. The van der Waals surface area contributed by atoms with Crippen LogP contribution in [0.1, 0.15) is 11.1 Å². The fourth-order valence-electron chi connectivity index (χ4n) is 3.54. The molecule has 0 atom stereocenters. The average molecular weight is 599 g/mol. The number of hydrogen-bond acceptors (Lipinski definition) is 6. The van der Waals surface area contributed by atoms with E-state index in [9.17, 15) is 13.2 Å². The molecule has 0 saturated heterocycles. The molecule has 4 aromatic rings. The minimum absolute atomic E-state index is 0.00192. The number of methoxy groups -OCH3 is 1. The Bertz CT molecular complexity index is 1560. The third kappa shape index (κ3) is 7.75. The number of hydrogen-bond donors (Lipinski definition) is 1. The molecule has 1 amide bonds. The molecule has 0 fully saturated rings. The summed E-state index contributed by atoms with van der Waals surface area (Å²) in [6, 6.07) is 26.5. The summed E-state index contributed by atoms with van der Waals surface area (Å²) in [5, 5.41) is 5.07. The molecule has 40 heavy (non-hydrogen) atoms. The second-order valence-corrected chi connectivity index (χ2v) is 11.2. The van der Waals surface area contributed by atoms with Gasteiger partial charge in [0.25, 0.3) is 15.9 Å². The minimum Gasteiger partial charge on any atom is -0.497 e. The van der Waals surface area contributed by atoms with E-state index in [1.165, 1.54) is 49.7 Å². The monoisotopic (exact) mass is 597 g/mol. The van der Waals surface area contributed by atoms with E-state index in [0.717, 1.165) is 9.87 Å². The molecule has 4 rings (SSSR count). The molecule has 0 aliphatic heterocycles. The van der Waals surface area contributed by atoms with E-state index < -0.39 is 22.5 Å². The number of anilines is 1. The Balaban J connectivity index is 1.40. The number of carbonyl (C=O) groups excluding carboxylic acids is 1. The number of benzene rings is 4. The standard InChI is InChI=1S/C29H25Cl2N3O5S/c1-38-26-14-16-28(17-15-26)40(36,37)34(25-10-8-24(31)9-11-25)19-29(35)33-32-18-21-4-12-27(13-5-21)39-20-22-2-6-23(30)7-3-22/h2-18H,19-20H2,1H3,(H,33,35)/b32-18+. The van der Waals surface area contributed by atoms with Crippen molar-refractivity contribution in [3.63, 3.8) is 0 Å². The van der Waals surface area contributed by atoms with Crippen molar-refractivity contribution in [3.8, 4) is 11.5 Å². The predicted molar refractivity (Wildman–Crippen MR) is 157 cm³/mol. The third-order valence-electron chi connectivity index (χ3n) is 5.65. The molecular formula is C29H25Cl2N3O5S. The molecular weight excluding hydrogens is 573 g/mol. The Morgan fingerprint density at radius 3 is 2.02 bits per heavy atom. The van der Waals surface area contributed by atoms with Crippen LogP contribution < -0.4 is 19.2 Å². The van der Waals surface area contributed by atoms with E-state index in [1.54, 1.807) is 48.5 Å². The van der Waals surface area contributed by atoms with Gasteiger partial charge in [0.05, 0.1) is 23.9 Å². The summed E-state index contributed by atoms with van der Waals surface area (Å²) in [6.45, 7) is -0.116. The van der Waals surface area contributed by atoms with E-state index in [1.807, 2.05) is 12.1 Å². The molecule has 0 aromatic heterocycles. The molecule has 0 saturated carbocycles. The van der Waals surface area contributed by atoms with Crippen LogP contribution in [0.5, 0.6) is 11.5 Å². The first-order valence-corrected chi connectivity index (χ1v) is 14.2. The molecule has 0 unspecified atom stereocenters. The van der Waals surface area contributed by atoms with Crippen molar-refractivity contribution in [2.75, 3.05) is 18.0 Å². The van der Waals surface area contributed by atoms with Crippen LogP contribution in [0.2, 0.25) is 10.0 Å². The highest BCUT2D eigenvalue weighted by Crippen LogP contribution is 2.26. The first-order chi connectivity index (χ1) is 19.2. The van der Waals surface area contributed by atoms with E-state index in [-0.39, 0.29) is 10.6 Å². The number of nitrogens with zero attached hydrogens (tertiary/aromatic N) is 2. The number of carbonyl (C=O) groups is 1. The van der Waals surface area contributed by atoms with Crippen LogP contribution in [0, 0.1) is 0 Å². The van der Waals surface area contributed by atoms with Gasteiger partial charge in [-0.15, -0.1) is 0 Å². The molecule has 0 spiro atoms. The van der Waals surface area contributed by atoms with Gasteiger partial charge in [0.15, 0.2) is 0 Å². The van der Waals surface area contributed by atoms with Crippen LogP contribution in [0.15, 0.2) is 107 Å². The zero-order valence-corrected chi connectivity index (χ0v) is 23.7. The van der Waals surface area contributed by atoms with Crippen molar-refractivity contribution in [1.82, 2.24) is 5.43 Å². The number of amides is 1. The average Bonchev–Trinajstić information content (AvgIpc) is 2.97. The van der Waals surface area contributed by atoms with Crippen LogP contribution in [0.25, 0.3) is 0 Å². The summed E-state index contributed by atoms with van der Waals surface area (Å²) >= 11 is 11.9. The first-order valence-electron chi connectivity index (χ1n) is 12.0. The molecule has 4 aromatic carbocycles. The van der Waals surface area contributed by atoms with Gasteiger partial charge in [-0.1, -0.05) is 35.3 Å². The third-order valence-corrected chi connectivity index (χ3v) is 7.94. The molecule has 0 radical (unpaired) electrons. The second-order valence-electron chi connectivity index (χ2n) is 8.44. The summed E-state index contributed by atoms with van der Waals surface area (Å²) in [5.74, 6) is 0.537. The van der Waals surface area contributed by atoms with Crippen LogP contribution in [-0.2, 0) is 21.4 Å². The lowest BCUT2D eigenvalue weighted by molar-refractivity contribution is -0.119. The van der Waals surface area contributed by atoms with Gasteiger partial charge in [-0.25, -0.2) is 13.8 Å². The summed E-state index contributed by atoms with van der Waals surface area (Å²) in [7, 11) is -2.61.